The first-order chi connectivity index (χ1) is 9.76. The van der Waals surface area contributed by atoms with Crippen LogP contribution in [0.25, 0.3) is 0 Å². The summed E-state index contributed by atoms with van der Waals surface area (Å²) in [5.41, 5.74) is 1.26. The average molecular weight is 344 g/mol. The van der Waals surface area contributed by atoms with Crippen LogP contribution in [0, 0.1) is 5.92 Å². The maximum Gasteiger partial charge on any atom is 0.0696 e. The summed E-state index contributed by atoms with van der Waals surface area (Å²) < 4.78 is 8.34. The molecule has 1 heterocycles. The Kier molecular flexibility index (Phi) is 6.52. The van der Waals surface area contributed by atoms with Crippen molar-refractivity contribution in [3.8, 4) is 0 Å². The Hall–Kier alpha value is -0.390. The number of methoxy groups -OCH3 is 1. The van der Waals surface area contributed by atoms with Crippen LogP contribution in [0.4, 0.5) is 0 Å². The molecule has 0 aromatic carbocycles. The van der Waals surface area contributed by atoms with Crippen LogP contribution in [0.5, 0.6) is 0 Å². The molecule has 1 aliphatic rings. The lowest BCUT2D eigenvalue weighted by Gasteiger charge is -2.27. The molecule has 4 nitrogen and oxygen atoms in total. The van der Waals surface area contributed by atoms with Gasteiger partial charge in [0.15, 0.2) is 0 Å². The van der Waals surface area contributed by atoms with Gasteiger partial charge in [0.1, 0.15) is 0 Å². The van der Waals surface area contributed by atoms with Crippen LogP contribution < -0.4 is 5.32 Å². The van der Waals surface area contributed by atoms with E-state index in [2.05, 4.69) is 31.0 Å². The van der Waals surface area contributed by atoms with Crippen molar-refractivity contribution < 1.29 is 4.74 Å². The number of rotatable bonds is 7. The first-order valence-electron chi connectivity index (χ1n) is 7.63. The number of ether oxygens (including phenoxy) is 1. The largest absolute Gasteiger partial charge is 0.383 e. The molecule has 1 N–H and O–H groups in total. The highest BCUT2D eigenvalue weighted by molar-refractivity contribution is 9.10. The molecule has 0 bridgehead atoms. The van der Waals surface area contributed by atoms with Crippen molar-refractivity contribution in [3.05, 3.63) is 16.4 Å². The van der Waals surface area contributed by atoms with Gasteiger partial charge < -0.3 is 10.1 Å². The molecule has 5 heteroatoms. The summed E-state index contributed by atoms with van der Waals surface area (Å²) >= 11 is 3.65. The summed E-state index contributed by atoms with van der Waals surface area (Å²) in [5.74, 6) is 0.846. The fourth-order valence-corrected chi connectivity index (χ4v) is 3.77. The van der Waals surface area contributed by atoms with Gasteiger partial charge in [-0.15, -0.1) is 0 Å². The van der Waals surface area contributed by atoms with Crippen LogP contribution in [-0.2, 0) is 11.3 Å². The van der Waals surface area contributed by atoms with Gasteiger partial charge in [-0.05, 0) is 35.3 Å². The van der Waals surface area contributed by atoms with Crippen LogP contribution in [-0.4, -0.2) is 30.5 Å². The zero-order valence-electron chi connectivity index (χ0n) is 12.6. The lowest BCUT2D eigenvalue weighted by Crippen LogP contribution is -2.25. The number of hydrogen-bond acceptors (Lipinski definition) is 3. The van der Waals surface area contributed by atoms with Crippen LogP contribution in [0.1, 0.15) is 50.3 Å². The molecule has 1 atom stereocenters. The summed E-state index contributed by atoms with van der Waals surface area (Å²) in [6, 6.07) is 0.367. The van der Waals surface area contributed by atoms with Gasteiger partial charge in [-0.1, -0.05) is 32.1 Å². The average Bonchev–Trinajstić information content (AvgIpc) is 2.84. The van der Waals surface area contributed by atoms with E-state index in [1.54, 1.807) is 7.11 Å². The highest BCUT2D eigenvalue weighted by Gasteiger charge is 2.23. The third-order valence-electron chi connectivity index (χ3n) is 4.31. The highest BCUT2D eigenvalue weighted by atomic mass is 79.9. The molecule has 1 fully saturated rings. The summed E-state index contributed by atoms with van der Waals surface area (Å²) in [4.78, 5) is 0. The second-order valence-corrected chi connectivity index (χ2v) is 6.53. The van der Waals surface area contributed by atoms with Gasteiger partial charge in [0.05, 0.1) is 35.6 Å². The second kappa shape index (κ2) is 8.15. The molecule has 114 valence electrons. The van der Waals surface area contributed by atoms with E-state index in [1.165, 1.54) is 44.2 Å². The molecular formula is C15H26BrN3O. The first kappa shape index (κ1) is 16.0. The summed E-state index contributed by atoms with van der Waals surface area (Å²) in [6.45, 7) is 1.50. The Balaban J connectivity index is 2.07. The minimum atomic E-state index is 0.367. The molecule has 1 aromatic rings. The number of halogens is 1. The van der Waals surface area contributed by atoms with Crippen molar-refractivity contribution in [2.24, 2.45) is 5.92 Å². The van der Waals surface area contributed by atoms with Crippen LogP contribution >= 0.6 is 15.9 Å². The van der Waals surface area contributed by atoms with E-state index >= 15 is 0 Å². The Morgan fingerprint density at radius 3 is 2.85 bits per heavy atom. The maximum absolute atomic E-state index is 5.18. The number of nitrogens with zero attached hydrogens (tertiary/aromatic N) is 2. The van der Waals surface area contributed by atoms with Crippen molar-refractivity contribution in [3.63, 3.8) is 0 Å². The first-order valence-corrected chi connectivity index (χ1v) is 8.43. The van der Waals surface area contributed by atoms with Crippen molar-refractivity contribution in [1.29, 1.82) is 0 Å². The van der Waals surface area contributed by atoms with E-state index in [0.717, 1.165) is 16.9 Å². The Morgan fingerprint density at radius 2 is 2.20 bits per heavy atom. The summed E-state index contributed by atoms with van der Waals surface area (Å²) in [5, 5.41) is 7.94. The lowest BCUT2D eigenvalue weighted by atomic mass is 9.84. The van der Waals surface area contributed by atoms with Crippen LogP contribution in [0.2, 0.25) is 0 Å². The van der Waals surface area contributed by atoms with Gasteiger partial charge in [0.2, 0.25) is 0 Å². The van der Waals surface area contributed by atoms with Crippen molar-refractivity contribution in [2.45, 2.75) is 51.1 Å². The second-order valence-electron chi connectivity index (χ2n) is 5.67. The summed E-state index contributed by atoms with van der Waals surface area (Å²) in [7, 11) is 3.78. The zero-order valence-corrected chi connectivity index (χ0v) is 14.2. The fourth-order valence-electron chi connectivity index (χ4n) is 3.20. The normalized spacial score (nSPS) is 18.4. The van der Waals surface area contributed by atoms with E-state index in [1.807, 2.05) is 13.2 Å². The predicted octanol–water partition coefficient (Wildman–Crippen LogP) is 3.52. The van der Waals surface area contributed by atoms with E-state index < -0.39 is 0 Å². The fraction of sp³-hybridized carbons (Fsp3) is 0.800. The third-order valence-corrected chi connectivity index (χ3v) is 4.92. The number of hydrogen-bond donors (Lipinski definition) is 1. The summed E-state index contributed by atoms with van der Waals surface area (Å²) in [6.07, 6.45) is 10.1. The predicted molar refractivity (Wildman–Crippen MR) is 84.8 cm³/mol. The third kappa shape index (κ3) is 4.06. The molecule has 20 heavy (non-hydrogen) atoms. The van der Waals surface area contributed by atoms with E-state index in [9.17, 15) is 0 Å². The zero-order chi connectivity index (χ0) is 14.4. The molecule has 0 aliphatic heterocycles. The molecule has 2 rings (SSSR count). The Morgan fingerprint density at radius 1 is 1.45 bits per heavy atom. The molecular weight excluding hydrogens is 318 g/mol. The van der Waals surface area contributed by atoms with Gasteiger partial charge in [-0.3, -0.25) is 4.68 Å². The van der Waals surface area contributed by atoms with Crippen LogP contribution in [0.3, 0.4) is 0 Å². The minimum absolute atomic E-state index is 0.367. The smallest absolute Gasteiger partial charge is 0.0696 e. The van der Waals surface area contributed by atoms with E-state index in [0.29, 0.717) is 12.6 Å². The van der Waals surface area contributed by atoms with Gasteiger partial charge >= 0.3 is 0 Å². The minimum Gasteiger partial charge on any atom is -0.383 e. The van der Waals surface area contributed by atoms with Crippen molar-refractivity contribution >= 4 is 15.9 Å². The molecule has 1 saturated carbocycles. The number of nitrogens with one attached hydrogen (secondary N) is 1. The molecule has 0 saturated heterocycles. The van der Waals surface area contributed by atoms with Gasteiger partial charge in [0.25, 0.3) is 0 Å². The molecule has 1 aromatic heterocycles. The van der Waals surface area contributed by atoms with E-state index in [4.69, 9.17) is 4.74 Å². The van der Waals surface area contributed by atoms with Crippen LogP contribution in [0.15, 0.2) is 10.7 Å². The SMILES string of the molecule is CNC(CC1CCCCC1)c1c(Br)cnn1CCOC. The maximum atomic E-state index is 5.18. The standard InChI is InChI=1S/C15H26BrN3O/c1-17-14(10-12-6-4-3-5-7-12)15-13(16)11-18-19(15)8-9-20-2/h11-12,14,17H,3-10H2,1-2H3. The quantitative estimate of drug-likeness (QED) is 0.823. The molecule has 0 radical (unpaired) electrons. The molecule has 0 amide bonds. The van der Waals surface area contributed by atoms with Crippen molar-refractivity contribution in [2.75, 3.05) is 20.8 Å². The van der Waals surface area contributed by atoms with Crippen molar-refractivity contribution in [1.82, 2.24) is 15.1 Å². The highest BCUT2D eigenvalue weighted by Crippen LogP contribution is 2.34. The Labute approximate surface area is 130 Å². The van der Waals surface area contributed by atoms with Gasteiger partial charge in [-0.25, -0.2) is 0 Å². The Bertz CT molecular complexity index is 402. The number of aromatic nitrogens is 2. The lowest BCUT2D eigenvalue weighted by molar-refractivity contribution is 0.181. The monoisotopic (exact) mass is 343 g/mol. The molecule has 1 unspecified atom stereocenters. The van der Waals surface area contributed by atoms with E-state index in [-0.39, 0.29) is 0 Å². The topological polar surface area (TPSA) is 39.1 Å². The van der Waals surface area contributed by atoms with Gasteiger partial charge in [0, 0.05) is 7.11 Å². The van der Waals surface area contributed by atoms with Gasteiger partial charge in [-0.2, -0.15) is 5.10 Å². The molecule has 1 aliphatic carbocycles. The molecule has 0 spiro atoms.